The van der Waals surface area contributed by atoms with Gasteiger partial charge in [0, 0.05) is 5.56 Å². The standard InChI is InChI=1S/C12H8F3N3O3/c13-12(14,15)9-8(11(20)21)5-17-18(9)7-3-1-2-6(4-7)10(16)19/h1-5H,(H2,16,19)(H,20,21). The number of amides is 1. The van der Waals surface area contributed by atoms with Crippen LogP contribution >= 0.6 is 0 Å². The average Bonchev–Trinajstić information content (AvgIpc) is 2.83. The molecule has 1 amide bonds. The number of aromatic carboxylic acids is 1. The van der Waals surface area contributed by atoms with Gasteiger partial charge in [0.2, 0.25) is 5.91 Å². The number of alkyl halides is 3. The van der Waals surface area contributed by atoms with Gasteiger partial charge in [-0.3, -0.25) is 4.79 Å². The number of carbonyl (C=O) groups is 2. The third-order valence-electron chi connectivity index (χ3n) is 2.64. The van der Waals surface area contributed by atoms with Crippen molar-refractivity contribution in [3.63, 3.8) is 0 Å². The minimum absolute atomic E-state index is 0.0204. The van der Waals surface area contributed by atoms with Gasteiger partial charge in [-0.1, -0.05) is 6.07 Å². The molecule has 0 saturated heterocycles. The van der Waals surface area contributed by atoms with Crippen LogP contribution in [0.15, 0.2) is 30.5 Å². The monoisotopic (exact) mass is 299 g/mol. The molecular formula is C12H8F3N3O3. The van der Waals surface area contributed by atoms with Gasteiger partial charge < -0.3 is 10.8 Å². The van der Waals surface area contributed by atoms with Crippen molar-refractivity contribution >= 4 is 11.9 Å². The van der Waals surface area contributed by atoms with Crippen molar-refractivity contribution in [3.05, 3.63) is 47.3 Å². The van der Waals surface area contributed by atoms with Crippen LogP contribution < -0.4 is 5.73 Å². The van der Waals surface area contributed by atoms with Crippen molar-refractivity contribution in [2.24, 2.45) is 5.73 Å². The molecule has 21 heavy (non-hydrogen) atoms. The van der Waals surface area contributed by atoms with E-state index in [1.54, 1.807) is 0 Å². The van der Waals surface area contributed by atoms with Gasteiger partial charge in [0.15, 0.2) is 5.69 Å². The number of hydrogen-bond acceptors (Lipinski definition) is 3. The number of benzene rings is 1. The fourth-order valence-corrected chi connectivity index (χ4v) is 1.76. The van der Waals surface area contributed by atoms with Gasteiger partial charge in [-0.25, -0.2) is 9.48 Å². The van der Waals surface area contributed by atoms with Crippen LogP contribution in [-0.4, -0.2) is 26.8 Å². The van der Waals surface area contributed by atoms with Gasteiger partial charge >= 0.3 is 12.1 Å². The summed E-state index contributed by atoms with van der Waals surface area (Å²) in [6.45, 7) is 0. The first-order valence-corrected chi connectivity index (χ1v) is 5.50. The summed E-state index contributed by atoms with van der Waals surface area (Å²) in [5, 5.41) is 12.2. The second kappa shape index (κ2) is 4.93. The average molecular weight is 299 g/mol. The molecule has 0 atom stereocenters. The lowest BCUT2D eigenvalue weighted by Gasteiger charge is -2.12. The molecule has 0 aliphatic heterocycles. The Morgan fingerprint density at radius 2 is 1.95 bits per heavy atom. The molecule has 0 bridgehead atoms. The molecule has 9 heteroatoms. The zero-order chi connectivity index (χ0) is 15.8. The maximum atomic E-state index is 13.0. The van der Waals surface area contributed by atoms with Crippen molar-refractivity contribution < 1.29 is 27.9 Å². The van der Waals surface area contributed by atoms with Crippen molar-refractivity contribution in [3.8, 4) is 5.69 Å². The zero-order valence-corrected chi connectivity index (χ0v) is 10.3. The van der Waals surface area contributed by atoms with Crippen LogP contribution in [0, 0.1) is 0 Å². The third kappa shape index (κ3) is 2.71. The molecule has 6 nitrogen and oxygen atoms in total. The minimum Gasteiger partial charge on any atom is -0.478 e. The Bertz CT molecular complexity index is 722. The SMILES string of the molecule is NC(=O)c1cccc(-n2ncc(C(=O)O)c2C(F)(F)F)c1. The number of nitrogens with zero attached hydrogens (tertiary/aromatic N) is 2. The van der Waals surface area contributed by atoms with E-state index in [-0.39, 0.29) is 11.3 Å². The normalized spacial score (nSPS) is 11.4. The number of rotatable bonds is 3. The summed E-state index contributed by atoms with van der Waals surface area (Å²) in [7, 11) is 0. The van der Waals surface area contributed by atoms with Gasteiger partial charge in [0.05, 0.1) is 11.9 Å². The highest BCUT2D eigenvalue weighted by molar-refractivity contribution is 5.93. The Morgan fingerprint density at radius 1 is 1.29 bits per heavy atom. The molecular weight excluding hydrogens is 291 g/mol. The van der Waals surface area contributed by atoms with E-state index in [1.807, 2.05) is 0 Å². The highest BCUT2D eigenvalue weighted by atomic mass is 19.4. The number of primary amides is 1. The molecule has 2 rings (SSSR count). The molecule has 1 heterocycles. The smallest absolute Gasteiger partial charge is 0.434 e. The molecule has 3 N–H and O–H groups in total. The van der Waals surface area contributed by atoms with Crippen LogP contribution in [0.4, 0.5) is 13.2 Å². The maximum Gasteiger partial charge on any atom is 0.434 e. The van der Waals surface area contributed by atoms with Crippen LogP contribution in [0.25, 0.3) is 5.69 Å². The Hall–Kier alpha value is -2.84. The second-order valence-electron chi connectivity index (χ2n) is 4.04. The Kier molecular flexibility index (Phi) is 3.42. The molecule has 0 saturated carbocycles. The van der Waals surface area contributed by atoms with Crippen LogP contribution in [0.3, 0.4) is 0 Å². The van der Waals surface area contributed by atoms with Crippen molar-refractivity contribution in [2.75, 3.05) is 0 Å². The summed E-state index contributed by atoms with van der Waals surface area (Å²) in [5.41, 5.74) is 2.50. The number of nitrogens with two attached hydrogens (primary N) is 1. The first kappa shape index (κ1) is 14.6. The fourth-order valence-electron chi connectivity index (χ4n) is 1.76. The number of carbonyl (C=O) groups excluding carboxylic acids is 1. The molecule has 1 aromatic heterocycles. The first-order chi connectivity index (χ1) is 9.71. The number of carboxylic acids is 1. The fraction of sp³-hybridized carbons (Fsp3) is 0.0833. The summed E-state index contributed by atoms with van der Waals surface area (Å²) in [6.07, 6.45) is -4.32. The third-order valence-corrected chi connectivity index (χ3v) is 2.64. The predicted molar refractivity (Wildman–Crippen MR) is 64.0 cm³/mol. The van der Waals surface area contributed by atoms with E-state index in [0.29, 0.717) is 10.9 Å². The van der Waals surface area contributed by atoms with E-state index in [0.717, 1.165) is 6.07 Å². The zero-order valence-electron chi connectivity index (χ0n) is 10.3. The molecule has 1 aromatic carbocycles. The van der Waals surface area contributed by atoms with Crippen molar-refractivity contribution in [1.82, 2.24) is 9.78 Å². The first-order valence-electron chi connectivity index (χ1n) is 5.50. The highest BCUT2D eigenvalue weighted by Crippen LogP contribution is 2.33. The van der Waals surface area contributed by atoms with Gasteiger partial charge in [-0.15, -0.1) is 0 Å². The highest BCUT2D eigenvalue weighted by Gasteiger charge is 2.40. The van der Waals surface area contributed by atoms with E-state index in [9.17, 15) is 22.8 Å². The number of carboxylic acid groups (broad SMARTS) is 1. The summed E-state index contributed by atoms with van der Waals surface area (Å²) in [6, 6.07) is 4.98. The van der Waals surface area contributed by atoms with E-state index < -0.39 is 29.3 Å². The Labute approximate surface area is 115 Å². The van der Waals surface area contributed by atoms with E-state index in [4.69, 9.17) is 10.8 Å². The summed E-state index contributed by atoms with van der Waals surface area (Å²) in [4.78, 5) is 21.9. The van der Waals surface area contributed by atoms with Crippen LogP contribution in [0.1, 0.15) is 26.4 Å². The van der Waals surface area contributed by atoms with Crippen LogP contribution in [0.2, 0.25) is 0 Å². The van der Waals surface area contributed by atoms with Gasteiger partial charge in [-0.2, -0.15) is 18.3 Å². The number of halogens is 3. The molecule has 0 unspecified atom stereocenters. The molecule has 110 valence electrons. The van der Waals surface area contributed by atoms with Gasteiger partial charge in [0.1, 0.15) is 5.56 Å². The largest absolute Gasteiger partial charge is 0.478 e. The Balaban J connectivity index is 2.67. The summed E-state index contributed by atoms with van der Waals surface area (Å²) >= 11 is 0. The van der Waals surface area contributed by atoms with Crippen LogP contribution in [0.5, 0.6) is 0 Å². The molecule has 2 aromatic rings. The quantitative estimate of drug-likeness (QED) is 0.901. The van der Waals surface area contributed by atoms with E-state index in [2.05, 4.69) is 5.10 Å². The Morgan fingerprint density at radius 3 is 2.48 bits per heavy atom. The lowest BCUT2D eigenvalue weighted by molar-refractivity contribution is -0.143. The maximum absolute atomic E-state index is 13.0. The van der Waals surface area contributed by atoms with Gasteiger partial charge in [0.25, 0.3) is 0 Å². The molecule has 0 radical (unpaired) electrons. The summed E-state index contributed by atoms with van der Waals surface area (Å²) in [5.74, 6) is -2.57. The topological polar surface area (TPSA) is 98.2 Å². The number of aromatic nitrogens is 2. The summed E-state index contributed by atoms with van der Waals surface area (Å²) < 4.78 is 39.5. The molecule has 0 spiro atoms. The minimum atomic E-state index is -4.92. The predicted octanol–water partition coefficient (Wildman–Crippen LogP) is 1.69. The van der Waals surface area contributed by atoms with Gasteiger partial charge in [-0.05, 0) is 18.2 Å². The molecule has 0 fully saturated rings. The lowest BCUT2D eigenvalue weighted by Crippen LogP contribution is -2.18. The van der Waals surface area contributed by atoms with Crippen LogP contribution in [-0.2, 0) is 6.18 Å². The van der Waals surface area contributed by atoms with E-state index >= 15 is 0 Å². The van der Waals surface area contributed by atoms with Crippen molar-refractivity contribution in [2.45, 2.75) is 6.18 Å². The molecule has 0 aliphatic rings. The molecule has 0 aliphatic carbocycles. The van der Waals surface area contributed by atoms with Crippen molar-refractivity contribution in [1.29, 1.82) is 0 Å². The lowest BCUT2D eigenvalue weighted by atomic mass is 10.2. The number of hydrogen-bond donors (Lipinski definition) is 2. The van der Waals surface area contributed by atoms with E-state index in [1.165, 1.54) is 18.2 Å². The second-order valence-corrected chi connectivity index (χ2v) is 4.04.